The van der Waals surface area contributed by atoms with Crippen LogP contribution in [0.15, 0.2) is 41.5 Å². The third-order valence-electron chi connectivity index (χ3n) is 6.93. The van der Waals surface area contributed by atoms with Crippen molar-refractivity contribution in [2.75, 3.05) is 13.1 Å². The SMILES string of the molecule is CC(C)C(=O)N1CC(F)(c2ccc(C3=NN(C(=O)OC(C)(C)C)C(c4cc(Cl)c(Cl)c(Cl)c4)(C(F)(F)F)C3)cc2)C1. The quantitative estimate of drug-likeness (QED) is 0.252. The van der Waals surface area contributed by atoms with E-state index >= 15 is 17.6 Å². The van der Waals surface area contributed by atoms with Crippen LogP contribution in [0.1, 0.15) is 57.7 Å². The van der Waals surface area contributed by atoms with E-state index in [1.807, 2.05) is 0 Å². The molecule has 1 fully saturated rings. The van der Waals surface area contributed by atoms with Gasteiger partial charge in [0.25, 0.3) is 0 Å². The van der Waals surface area contributed by atoms with Gasteiger partial charge in [0.15, 0.2) is 11.2 Å². The number of carbonyl (C=O) groups is 2. The summed E-state index contributed by atoms with van der Waals surface area (Å²) in [5.41, 5.74) is -6.00. The Morgan fingerprint density at radius 1 is 0.976 bits per heavy atom. The first-order chi connectivity index (χ1) is 18.8. The molecule has 41 heavy (non-hydrogen) atoms. The Morgan fingerprint density at radius 2 is 1.51 bits per heavy atom. The van der Waals surface area contributed by atoms with Gasteiger partial charge in [-0.25, -0.2) is 9.18 Å². The lowest BCUT2D eigenvalue weighted by Crippen LogP contribution is -2.59. The van der Waals surface area contributed by atoms with Gasteiger partial charge in [-0.3, -0.25) is 4.79 Å². The maximum Gasteiger partial charge on any atom is 0.432 e. The Bertz CT molecular complexity index is 1380. The summed E-state index contributed by atoms with van der Waals surface area (Å²) >= 11 is 18.2. The summed E-state index contributed by atoms with van der Waals surface area (Å²) in [6.45, 7) is 7.75. The topological polar surface area (TPSA) is 62.2 Å². The van der Waals surface area contributed by atoms with Crippen LogP contribution < -0.4 is 0 Å². The van der Waals surface area contributed by atoms with Crippen LogP contribution >= 0.6 is 34.8 Å². The van der Waals surface area contributed by atoms with E-state index in [4.69, 9.17) is 39.5 Å². The number of hydrazone groups is 1. The minimum absolute atomic E-state index is 0.0972. The second-order valence-corrected chi connectivity index (χ2v) is 12.7. The van der Waals surface area contributed by atoms with Crippen LogP contribution in [0, 0.1) is 5.92 Å². The number of alkyl halides is 4. The Kier molecular flexibility index (Phi) is 8.12. The van der Waals surface area contributed by atoms with Gasteiger partial charge >= 0.3 is 12.3 Å². The van der Waals surface area contributed by atoms with Crippen LogP contribution in [0.5, 0.6) is 0 Å². The number of likely N-dealkylation sites (tertiary alicyclic amines) is 1. The van der Waals surface area contributed by atoms with E-state index in [1.165, 1.54) is 49.9 Å². The predicted molar refractivity (Wildman–Crippen MR) is 149 cm³/mol. The largest absolute Gasteiger partial charge is 0.442 e. The molecule has 2 aliphatic rings. The molecule has 222 valence electrons. The highest BCUT2D eigenvalue weighted by Gasteiger charge is 2.66. The molecule has 0 aromatic heterocycles. The average molecular weight is 637 g/mol. The first-order valence-electron chi connectivity index (χ1n) is 12.7. The lowest BCUT2D eigenvalue weighted by molar-refractivity contribution is -0.226. The van der Waals surface area contributed by atoms with Crippen molar-refractivity contribution >= 4 is 52.5 Å². The molecule has 6 nitrogen and oxygen atoms in total. The predicted octanol–water partition coefficient (Wildman–Crippen LogP) is 8.11. The van der Waals surface area contributed by atoms with Gasteiger partial charge in [-0.05, 0) is 49.6 Å². The average Bonchev–Trinajstić information content (AvgIpc) is 3.26. The minimum atomic E-state index is -5.07. The molecule has 0 N–H and O–H groups in total. The summed E-state index contributed by atoms with van der Waals surface area (Å²) in [5.74, 6) is -0.433. The van der Waals surface area contributed by atoms with Crippen LogP contribution in [-0.2, 0) is 20.7 Å². The van der Waals surface area contributed by atoms with Gasteiger partial charge in [0, 0.05) is 12.3 Å². The molecular weight excluding hydrogens is 609 g/mol. The number of carbonyl (C=O) groups excluding carboxylic acids is 2. The van der Waals surface area contributed by atoms with Crippen LogP contribution in [0.4, 0.5) is 22.4 Å². The number of hydrogen-bond acceptors (Lipinski definition) is 4. The minimum Gasteiger partial charge on any atom is -0.442 e. The van der Waals surface area contributed by atoms with E-state index < -0.39 is 41.1 Å². The second kappa shape index (κ2) is 10.6. The van der Waals surface area contributed by atoms with Crippen molar-refractivity contribution in [2.45, 2.75) is 64.0 Å². The molecule has 2 aliphatic heterocycles. The number of rotatable bonds is 4. The van der Waals surface area contributed by atoms with Crippen molar-refractivity contribution in [3.63, 3.8) is 0 Å². The Hall–Kier alpha value is -2.56. The number of halogens is 7. The Morgan fingerprint density at radius 3 is 1.98 bits per heavy atom. The molecule has 2 heterocycles. The molecule has 2 amide bonds. The van der Waals surface area contributed by atoms with Gasteiger partial charge in [0.2, 0.25) is 5.91 Å². The van der Waals surface area contributed by atoms with Crippen LogP contribution in [0.3, 0.4) is 0 Å². The third-order valence-corrected chi connectivity index (χ3v) is 8.12. The molecular formula is C28H28Cl3F4N3O3. The van der Waals surface area contributed by atoms with Gasteiger partial charge in [0.1, 0.15) is 5.60 Å². The van der Waals surface area contributed by atoms with E-state index in [-0.39, 0.29) is 61.8 Å². The monoisotopic (exact) mass is 635 g/mol. The molecule has 0 spiro atoms. The fraction of sp³-hybridized carbons (Fsp3) is 0.464. The summed E-state index contributed by atoms with van der Waals surface area (Å²) in [5, 5.41) is 3.73. The molecule has 0 saturated carbocycles. The zero-order valence-corrected chi connectivity index (χ0v) is 25.1. The van der Waals surface area contributed by atoms with Crippen molar-refractivity contribution < 1.29 is 31.9 Å². The van der Waals surface area contributed by atoms with E-state index in [1.54, 1.807) is 13.8 Å². The molecule has 13 heteroatoms. The van der Waals surface area contributed by atoms with Crippen molar-refractivity contribution in [1.29, 1.82) is 0 Å². The van der Waals surface area contributed by atoms with Crippen molar-refractivity contribution in [1.82, 2.24) is 9.91 Å². The van der Waals surface area contributed by atoms with E-state index in [2.05, 4.69) is 5.10 Å². The van der Waals surface area contributed by atoms with Crippen LogP contribution in [0.2, 0.25) is 15.1 Å². The summed E-state index contributed by atoms with van der Waals surface area (Å²) in [4.78, 5) is 26.8. The van der Waals surface area contributed by atoms with E-state index in [9.17, 15) is 9.59 Å². The fourth-order valence-electron chi connectivity index (χ4n) is 4.85. The summed E-state index contributed by atoms with van der Waals surface area (Å²) < 4.78 is 66.1. The molecule has 0 radical (unpaired) electrons. The van der Waals surface area contributed by atoms with Crippen molar-refractivity contribution in [2.24, 2.45) is 11.0 Å². The Balaban J connectivity index is 1.74. The summed E-state index contributed by atoms with van der Waals surface area (Å²) in [6.07, 6.45) is -7.21. The van der Waals surface area contributed by atoms with Gasteiger partial charge in [-0.1, -0.05) is 72.9 Å². The van der Waals surface area contributed by atoms with Crippen molar-refractivity contribution in [3.05, 3.63) is 68.2 Å². The molecule has 0 aliphatic carbocycles. The smallest absolute Gasteiger partial charge is 0.432 e. The molecule has 2 aromatic carbocycles. The summed E-state index contributed by atoms with van der Waals surface area (Å²) in [6, 6.07) is 7.74. The number of nitrogens with zero attached hydrogens (tertiary/aromatic N) is 3. The first-order valence-corrected chi connectivity index (χ1v) is 13.8. The first kappa shape index (κ1) is 31.4. The number of hydrogen-bond donors (Lipinski definition) is 0. The van der Waals surface area contributed by atoms with Crippen LogP contribution in [0.25, 0.3) is 0 Å². The van der Waals surface area contributed by atoms with Crippen LogP contribution in [-0.4, -0.2) is 52.5 Å². The van der Waals surface area contributed by atoms with Gasteiger partial charge in [-0.15, -0.1) is 0 Å². The molecule has 1 unspecified atom stereocenters. The molecule has 2 aromatic rings. The van der Waals surface area contributed by atoms with Gasteiger partial charge in [0.05, 0.1) is 33.9 Å². The maximum absolute atomic E-state index is 15.5. The lowest BCUT2D eigenvalue weighted by Gasteiger charge is -2.45. The van der Waals surface area contributed by atoms with E-state index in [0.29, 0.717) is 0 Å². The second-order valence-electron chi connectivity index (χ2n) is 11.5. The highest BCUT2D eigenvalue weighted by atomic mass is 35.5. The fourth-order valence-corrected chi connectivity index (χ4v) is 5.44. The van der Waals surface area contributed by atoms with Gasteiger partial charge < -0.3 is 9.64 Å². The summed E-state index contributed by atoms with van der Waals surface area (Å²) in [7, 11) is 0. The molecule has 1 atom stereocenters. The molecule has 1 saturated heterocycles. The molecule has 0 bridgehead atoms. The number of amides is 2. The molecule has 4 rings (SSSR count). The lowest BCUT2D eigenvalue weighted by atomic mass is 9.82. The third kappa shape index (κ3) is 5.75. The highest BCUT2D eigenvalue weighted by Crippen LogP contribution is 2.53. The van der Waals surface area contributed by atoms with E-state index in [0.717, 1.165) is 12.1 Å². The zero-order chi connectivity index (χ0) is 30.7. The number of benzene rings is 2. The maximum atomic E-state index is 15.5. The highest BCUT2D eigenvalue weighted by molar-refractivity contribution is 6.48. The number of ether oxygens (including phenoxy) is 1. The normalized spacial score (nSPS) is 20.7. The Labute approximate surface area is 250 Å². The standard InChI is InChI=1S/C28H28Cl3F4N3O3/c1-15(2)23(39)37-13-26(32,14-37)17-8-6-16(7-9-17)21-12-27(28(33,34)35,18-10-19(29)22(31)20(30)11-18)38(36-21)24(40)41-25(3,4)5/h6-11,15H,12-14H2,1-5H3. The van der Waals surface area contributed by atoms with Crippen molar-refractivity contribution in [3.8, 4) is 0 Å². The zero-order valence-electron chi connectivity index (χ0n) is 22.9. The van der Waals surface area contributed by atoms with Gasteiger partial charge in [-0.2, -0.15) is 23.3 Å².